The molecule has 6 rings (SSSR count). The van der Waals surface area contributed by atoms with Crippen molar-refractivity contribution >= 4 is 28.9 Å². The van der Waals surface area contributed by atoms with Gasteiger partial charge in [-0.15, -0.1) is 5.10 Å². The summed E-state index contributed by atoms with van der Waals surface area (Å²) in [5.41, 5.74) is 6.06. The molecule has 2 aromatic heterocycles. The topological polar surface area (TPSA) is 95.1 Å². The molecule has 1 N–H and O–H groups in total. The number of aromatic nitrogens is 4. The number of H-pyrrole nitrogens is 1. The summed E-state index contributed by atoms with van der Waals surface area (Å²) in [5.74, 6) is 0.0805. The maximum atomic E-state index is 13.0. The Morgan fingerprint density at radius 1 is 1.03 bits per heavy atom. The third-order valence-electron chi connectivity index (χ3n) is 6.51. The average Bonchev–Trinajstić information content (AvgIpc) is 3.62. The lowest BCUT2D eigenvalue weighted by molar-refractivity contribution is -0.125. The number of pyridine rings is 1. The minimum atomic E-state index is -0.0660. The maximum absolute atomic E-state index is 13.0. The summed E-state index contributed by atoms with van der Waals surface area (Å²) in [6.45, 7) is 1.73. The fourth-order valence-corrected chi connectivity index (χ4v) is 4.63. The SMILES string of the molecule is O=C(c1ccc2[nH]nnc2c1)N1C=C2CN(C(=O)C=Cc3ccc(-c4ccccn4)cc3)C[C@@H]2C1. The number of hydrogen-bond acceptors (Lipinski definition) is 5. The van der Waals surface area contributed by atoms with Crippen molar-refractivity contribution in [3.05, 3.63) is 95.8 Å². The zero-order valence-corrected chi connectivity index (χ0v) is 18.8. The second-order valence-electron chi connectivity index (χ2n) is 8.79. The molecule has 8 heteroatoms. The van der Waals surface area contributed by atoms with Crippen molar-refractivity contribution in [3.63, 3.8) is 0 Å². The molecule has 0 radical (unpaired) electrons. The first-order valence-corrected chi connectivity index (χ1v) is 11.4. The number of aromatic amines is 1. The molecule has 4 aromatic rings. The highest BCUT2D eigenvalue weighted by atomic mass is 16.2. The summed E-state index contributed by atoms with van der Waals surface area (Å²) < 4.78 is 0. The molecular weight excluding hydrogens is 440 g/mol. The molecule has 0 unspecified atom stereocenters. The van der Waals surface area contributed by atoms with E-state index in [-0.39, 0.29) is 17.7 Å². The smallest absolute Gasteiger partial charge is 0.257 e. The summed E-state index contributed by atoms with van der Waals surface area (Å²) in [6.07, 6.45) is 7.12. The number of rotatable bonds is 4. The van der Waals surface area contributed by atoms with Crippen molar-refractivity contribution in [2.24, 2.45) is 5.92 Å². The molecule has 4 heterocycles. The van der Waals surface area contributed by atoms with Crippen LogP contribution in [-0.4, -0.2) is 61.6 Å². The van der Waals surface area contributed by atoms with Crippen LogP contribution in [0.5, 0.6) is 0 Å². The van der Waals surface area contributed by atoms with Crippen molar-refractivity contribution in [1.29, 1.82) is 0 Å². The van der Waals surface area contributed by atoms with E-state index in [0.29, 0.717) is 30.7 Å². The van der Waals surface area contributed by atoms with Gasteiger partial charge < -0.3 is 9.80 Å². The maximum Gasteiger partial charge on any atom is 0.257 e. The van der Waals surface area contributed by atoms with E-state index in [4.69, 9.17) is 0 Å². The van der Waals surface area contributed by atoms with E-state index in [1.807, 2.05) is 65.7 Å². The number of amides is 2. The first-order chi connectivity index (χ1) is 17.1. The van der Waals surface area contributed by atoms with Crippen LogP contribution < -0.4 is 0 Å². The van der Waals surface area contributed by atoms with E-state index >= 15 is 0 Å². The normalized spacial score (nSPS) is 17.3. The highest BCUT2D eigenvalue weighted by Gasteiger charge is 2.36. The first-order valence-electron chi connectivity index (χ1n) is 11.4. The van der Waals surface area contributed by atoms with Gasteiger partial charge in [0.05, 0.1) is 11.2 Å². The molecular formula is C27H22N6O2. The zero-order valence-electron chi connectivity index (χ0n) is 18.8. The lowest BCUT2D eigenvalue weighted by Gasteiger charge is -2.19. The molecule has 2 aliphatic rings. The van der Waals surface area contributed by atoms with Crippen LogP contribution in [0.4, 0.5) is 0 Å². The summed E-state index contributed by atoms with van der Waals surface area (Å²) >= 11 is 0. The van der Waals surface area contributed by atoms with Crippen molar-refractivity contribution in [2.75, 3.05) is 19.6 Å². The van der Waals surface area contributed by atoms with Gasteiger partial charge in [0.1, 0.15) is 5.52 Å². The Morgan fingerprint density at radius 2 is 1.91 bits per heavy atom. The predicted octanol–water partition coefficient (Wildman–Crippen LogP) is 3.53. The van der Waals surface area contributed by atoms with Crippen molar-refractivity contribution in [3.8, 4) is 11.3 Å². The van der Waals surface area contributed by atoms with Gasteiger partial charge in [-0.25, -0.2) is 0 Å². The second kappa shape index (κ2) is 8.64. The highest BCUT2D eigenvalue weighted by molar-refractivity contribution is 5.98. The average molecular weight is 463 g/mol. The Kier molecular flexibility index (Phi) is 5.18. The Morgan fingerprint density at radius 3 is 2.71 bits per heavy atom. The second-order valence-corrected chi connectivity index (χ2v) is 8.79. The molecule has 0 aliphatic carbocycles. The third-order valence-corrected chi connectivity index (χ3v) is 6.51. The van der Waals surface area contributed by atoms with Crippen LogP contribution in [0.2, 0.25) is 0 Å². The molecule has 2 aliphatic heterocycles. The minimum Gasteiger partial charge on any atom is -0.334 e. The fraction of sp³-hybridized carbons (Fsp3) is 0.148. The summed E-state index contributed by atoms with van der Waals surface area (Å²) in [6, 6.07) is 19.1. The quantitative estimate of drug-likeness (QED) is 0.468. The number of nitrogens with zero attached hydrogens (tertiary/aromatic N) is 5. The number of hydrogen-bond donors (Lipinski definition) is 1. The fourth-order valence-electron chi connectivity index (χ4n) is 4.63. The predicted molar refractivity (Wildman–Crippen MR) is 132 cm³/mol. The van der Waals surface area contributed by atoms with Gasteiger partial charge in [-0.1, -0.05) is 35.5 Å². The molecule has 0 saturated carbocycles. The van der Waals surface area contributed by atoms with Crippen LogP contribution in [-0.2, 0) is 4.79 Å². The number of carbonyl (C=O) groups excluding carboxylic acids is 2. The van der Waals surface area contributed by atoms with Crippen LogP contribution in [0.3, 0.4) is 0 Å². The monoisotopic (exact) mass is 462 g/mol. The van der Waals surface area contributed by atoms with E-state index in [2.05, 4.69) is 20.4 Å². The van der Waals surface area contributed by atoms with E-state index in [9.17, 15) is 9.59 Å². The zero-order chi connectivity index (χ0) is 23.8. The van der Waals surface area contributed by atoms with Crippen LogP contribution in [0.15, 0.2) is 84.7 Å². The van der Waals surface area contributed by atoms with Gasteiger partial charge in [-0.3, -0.25) is 19.7 Å². The van der Waals surface area contributed by atoms with Crippen LogP contribution in [0.25, 0.3) is 28.4 Å². The number of fused-ring (bicyclic) bond motifs is 2. The largest absolute Gasteiger partial charge is 0.334 e. The Hall–Kier alpha value is -4.59. The summed E-state index contributed by atoms with van der Waals surface area (Å²) in [4.78, 5) is 33.7. The first kappa shape index (κ1) is 21.0. The van der Waals surface area contributed by atoms with Crippen molar-refractivity contribution in [2.45, 2.75) is 0 Å². The van der Waals surface area contributed by atoms with Gasteiger partial charge in [0.15, 0.2) is 0 Å². The molecule has 172 valence electrons. The number of benzene rings is 2. The lowest BCUT2D eigenvalue weighted by atomic mass is 10.1. The standard InChI is InChI=1S/C27H22N6O2/c34-26(11-6-18-4-7-19(8-5-18)23-3-1-2-12-28-23)32-14-21-16-33(17-22(21)15-32)27(35)20-9-10-24-25(13-20)30-31-29-24/h1-13,16,22H,14-15,17H2,(H,29,30,31)/t22-/m1/s1. The number of carbonyl (C=O) groups is 2. The van der Waals surface area contributed by atoms with Crippen LogP contribution in [0.1, 0.15) is 15.9 Å². The van der Waals surface area contributed by atoms with Crippen molar-refractivity contribution in [1.82, 2.24) is 30.2 Å². The lowest BCUT2D eigenvalue weighted by Crippen LogP contribution is -2.32. The van der Waals surface area contributed by atoms with Gasteiger partial charge in [0.25, 0.3) is 5.91 Å². The molecule has 0 bridgehead atoms. The Labute approximate surface area is 201 Å². The van der Waals surface area contributed by atoms with E-state index < -0.39 is 0 Å². The molecule has 1 saturated heterocycles. The minimum absolute atomic E-state index is 0.0246. The molecule has 1 atom stereocenters. The molecule has 35 heavy (non-hydrogen) atoms. The highest BCUT2D eigenvalue weighted by Crippen LogP contribution is 2.31. The molecule has 2 aromatic carbocycles. The summed E-state index contributed by atoms with van der Waals surface area (Å²) in [7, 11) is 0. The molecule has 8 nitrogen and oxygen atoms in total. The van der Waals surface area contributed by atoms with E-state index in [0.717, 1.165) is 27.9 Å². The van der Waals surface area contributed by atoms with E-state index in [1.165, 1.54) is 0 Å². The molecule has 0 spiro atoms. The van der Waals surface area contributed by atoms with Crippen LogP contribution in [0, 0.1) is 5.92 Å². The van der Waals surface area contributed by atoms with Gasteiger partial charge in [0, 0.05) is 55.2 Å². The Bertz CT molecular complexity index is 1470. The van der Waals surface area contributed by atoms with Gasteiger partial charge in [-0.2, -0.15) is 0 Å². The molecule has 1 fully saturated rings. The van der Waals surface area contributed by atoms with Crippen molar-refractivity contribution < 1.29 is 9.59 Å². The van der Waals surface area contributed by atoms with Crippen LogP contribution >= 0.6 is 0 Å². The van der Waals surface area contributed by atoms with E-state index in [1.54, 1.807) is 29.3 Å². The van der Waals surface area contributed by atoms with Gasteiger partial charge >= 0.3 is 0 Å². The van der Waals surface area contributed by atoms with Gasteiger partial charge in [0.2, 0.25) is 5.91 Å². The third kappa shape index (κ3) is 4.10. The number of likely N-dealkylation sites (tertiary alicyclic amines) is 1. The Balaban J connectivity index is 1.08. The number of nitrogens with one attached hydrogen (secondary N) is 1. The van der Waals surface area contributed by atoms with Gasteiger partial charge in [-0.05, 0) is 47.5 Å². The summed E-state index contributed by atoms with van der Waals surface area (Å²) in [5, 5.41) is 10.5. The molecule has 2 amide bonds.